The van der Waals surface area contributed by atoms with Crippen LogP contribution in [0.5, 0.6) is 0 Å². The number of rotatable bonds is 3. The molecule has 2 atom stereocenters. The van der Waals surface area contributed by atoms with Gasteiger partial charge < -0.3 is 14.7 Å². The van der Waals surface area contributed by atoms with E-state index < -0.39 is 0 Å². The molecule has 0 saturated carbocycles. The van der Waals surface area contributed by atoms with Gasteiger partial charge in [-0.2, -0.15) is 0 Å². The minimum absolute atomic E-state index is 0.00474. The molecular formula is C15H21NO3. The highest BCUT2D eigenvalue weighted by Gasteiger charge is 2.32. The Hall–Kier alpha value is -1.55. The van der Waals surface area contributed by atoms with E-state index in [1.807, 2.05) is 37.3 Å². The van der Waals surface area contributed by atoms with Gasteiger partial charge >= 0.3 is 6.09 Å². The van der Waals surface area contributed by atoms with Gasteiger partial charge in [0.1, 0.15) is 6.61 Å². The molecule has 1 aliphatic heterocycles. The monoisotopic (exact) mass is 263 g/mol. The molecule has 4 heteroatoms. The van der Waals surface area contributed by atoms with E-state index in [-0.39, 0.29) is 31.4 Å². The molecule has 1 amide bonds. The number of aliphatic hydroxyl groups is 1. The van der Waals surface area contributed by atoms with Crippen molar-refractivity contribution in [2.45, 2.75) is 44.9 Å². The predicted molar refractivity (Wildman–Crippen MR) is 72.7 cm³/mol. The number of ether oxygens (including phenoxy) is 1. The number of piperidine rings is 1. The van der Waals surface area contributed by atoms with Gasteiger partial charge in [-0.1, -0.05) is 30.3 Å². The lowest BCUT2D eigenvalue weighted by atomic mass is 9.97. The van der Waals surface area contributed by atoms with Crippen LogP contribution in [0.25, 0.3) is 0 Å². The summed E-state index contributed by atoms with van der Waals surface area (Å²) < 4.78 is 5.35. The Morgan fingerprint density at radius 2 is 2.11 bits per heavy atom. The maximum absolute atomic E-state index is 12.1. The Kier molecular flexibility index (Phi) is 4.80. The Labute approximate surface area is 114 Å². The maximum atomic E-state index is 12.1. The van der Waals surface area contributed by atoms with E-state index in [0.717, 1.165) is 24.8 Å². The molecular weight excluding hydrogens is 242 g/mol. The molecule has 0 spiro atoms. The molecule has 0 unspecified atom stereocenters. The lowest BCUT2D eigenvalue weighted by Crippen LogP contribution is -2.50. The van der Waals surface area contributed by atoms with Gasteiger partial charge in [0.15, 0.2) is 0 Å². The third-order valence-corrected chi connectivity index (χ3v) is 3.65. The van der Waals surface area contributed by atoms with E-state index in [2.05, 4.69) is 0 Å². The first kappa shape index (κ1) is 13.9. The second kappa shape index (κ2) is 6.57. The van der Waals surface area contributed by atoms with Crippen LogP contribution >= 0.6 is 0 Å². The third kappa shape index (κ3) is 3.47. The SMILES string of the molecule is C[C@@H]1CCC[C@@H](CO)N1C(=O)OCc1ccccc1. The molecule has 0 radical (unpaired) electrons. The molecule has 1 aliphatic rings. The number of carbonyl (C=O) groups is 1. The van der Waals surface area contributed by atoms with Crippen LogP contribution < -0.4 is 0 Å². The van der Waals surface area contributed by atoms with Crippen LogP contribution in [-0.4, -0.2) is 34.8 Å². The minimum Gasteiger partial charge on any atom is -0.445 e. The quantitative estimate of drug-likeness (QED) is 0.911. The molecule has 19 heavy (non-hydrogen) atoms. The number of aliphatic hydroxyl groups excluding tert-OH is 1. The zero-order chi connectivity index (χ0) is 13.7. The summed E-state index contributed by atoms with van der Waals surface area (Å²) in [7, 11) is 0. The van der Waals surface area contributed by atoms with E-state index in [4.69, 9.17) is 4.74 Å². The van der Waals surface area contributed by atoms with Crippen molar-refractivity contribution in [3.8, 4) is 0 Å². The molecule has 104 valence electrons. The van der Waals surface area contributed by atoms with Crippen molar-refractivity contribution in [3.63, 3.8) is 0 Å². The Bertz CT molecular complexity index is 407. The fraction of sp³-hybridized carbons (Fsp3) is 0.533. The van der Waals surface area contributed by atoms with Crippen LogP contribution in [-0.2, 0) is 11.3 Å². The van der Waals surface area contributed by atoms with E-state index in [1.165, 1.54) is 0 Å². The summed E-state index contributed by atoms with van der Waals surface area (Å²) in [5, 5.41) is 9.36. The van der Waals surface area contributed by atoms with E-state index in [9.17, 15) is 9.90 Å². The molecule has 1 saturated heterocycles. The summed E-state index contributed by atoms with van der Waals surface area (Å²) in [4.78, 5) is 13.8. The van der Waals surface area contributed by atoms with Crippen molar-refractivity contribution in [3.05, 3.63) is 35.9 Å². The fourth-order valence-electron chi connectivity index (χ4n) is 2.59. The summed E-state index contributed by atoms with van der Waals surface area (Å²) in [5.74, 6) is 0. The van der Waals surface area contributed by atoms with Crippen LogP contribution in [0.1, 0.15) is 31.7 Å². The van der Waals surface area contributed by atoms with Crippen LogP contribution in [0.15, 0.2) is 30.3 Å². The lowest BCUT2D eigenvalue weighted by Gasteiger charge is -2.38. The van der Waals surface area contributed by atoms with Crippen LogP contribution in [0.3, 0.4) is 0 Å². The Morgan fingerprint density at radius 1 is 1.37 bits per heavy atom. The van der Waals surface area contributed by atoms with Gasteiger partial charge in [-0.3, -0.25) is 0 Å². The van der Waals surface area contributed by atoms with Crippen molar-refractivity contribution in [2.24, 2.45) is 0 Å². The van der Waals surface area contributed by atoms with Crippen molar-refractivity contribution in [2.75, 3.05) is 6.61 Å². The van der Waals surface area contributed by atoms with Crippen molar-refractivity contribution in [1.29, 1.82) is 0 Å². The second-order valence-corrected chi connectivity index (χ2v) is 5.06. The van der Waals surface area contributed by atoms with Gasteiger partial charge in [-0.25, -0.2) is 4.79 Å². The average molecular weight is 263 g/mol. The number of likely N-dealkylation sites (tertiary alicyclic amines) is 1. The zero-order valence-corrected chi connectivity index (χ0v) is 11.3. The van der Waals surface area contributed by atoms with Crippen LogP contribution in [0.2, 0.25) is 0 Å². The number of hydrogen-bond donors (Lipinski definition) is 1. The minimum atomic E-state index is -0.324. The standard InChI is InChI=1S/C15H21NO3/c1-12-6-5-9-14(10-17)16(12)15(18)19-11-13-7-3-2-4-8-13/h2-4,7-8,12,14,17H,5-6,9-11H2,1H3/t12-,14+/m1/s1. The number of carbonyl (C=O) groups excluding carboxylic acids is 1. The largest absolute Gasteiger partial charge is 0.445 e. The van der Waals surface area contributed by atoms with Gasteiger partial charge in [0.05, 0.1) is 12.6 Å². The van der Waals surface area contributed by atoms with Crippen LogP contribution in [0.4, 0.5) is 4.79 Å². The highest BCUT2D eigenvalue weighted by atomic mass is 16.6. The van der Waals surface area contributed by atoms with E-state index >= 15 is 0 Å². The molecule has 4 nitrogen and oxygen atoms in total. The molecule has 1 fully saturated rings. The lowest BCUT2D eigenvalue weighted by molar-refractivity contribution is 0.0277. The average Bonchev–Trinajstić information content (AvgIpc) is 2.45. The summed E-state index contributed by atoms with van der Waals surface area (Å²) in [6.45, 7) is 2.29. The molecule has 0 aromatic heterocycles. The van der Waals surface area contributed by atoms with Crippen molar-refractivity contribution < 1.29 is 14.6 Å². The molecule has 1 aromatic carbocycles. The summed E-state index contributed by atoms with van der Waals surface area (Å²) in [5.41, 5.74) is 0.973. The summed E-state index contributed by atoms with van der Waals surface area (Å²) in [6.07, 6.45) is 2.54. The highest BCUT2D eigenvalue weighted by Crippen LogP contribution is 2.23. The first-order valence-electron chi connectivity index (χ1n) is 6.82. The smallest absolute Gasteiger partial charge is 0.410 e. The molecule has 2 rings (SSSR count). The number of nitrogens with zero attached hydrogens (tertiary/aromatic N) is 1. The van der Waals surface area contributed by atoms with Crippen molar-refractivity contribution in [1.82, 2.24) is 4.90 Å². The van der Waals surface area contributed by atoms with E-state index in [1.54, 1.807) is 4.90 Å². The van der Waals surface area contributed by atoms with Gasteiger partial charge in [-0.05, 0) is 31.7 Å². The van der Waals surface area contributed by atoms with Crippen LogP contribution in [0, 0.1) is 0 Å². The van der Waals surface area contributed by atoms with Gasteiger partial charge in [0.2, 0.25) is 0 Å². The van der Waals surface area contributed by atoms with Gasteiger partial charge in [0.25, 0.3) is 0 Å². The molecule has 1 N–H and O–H groups in total. The van der Waals surface area contributed by atoms with E-state index in [0.29, 0.717) is 0 Å². The van der Waals surface area contributed by atoms with Gasteiger partial charge in [0, 0.05) is 6.04 Å². The Balaban J connectivity index is 1.94. The molecule has 0 aliphatic carbocycles. The number of amides is 1. The third-order valence-electron chi connectivity index (χ3n) is 3.65. The molecule has 0 bridgehead atoms. The molecule has 1 aromatic rings. The normalized spacial score (nSPS) is 23.2. The van der Waals surface area contributed by atoms with Gasteiger partial charge in [-0.15, -0.1) is 0 Å². The first-order chi connectivity index (χ1) is 9.22. The maximum Gasteiger partial charge on any atom is 0.410 e. The predicted octanol–water partition coefficient (Wildman–Crippen LogP) is 2.56. The zero-order valence-electron chi connectivity index (χ0n) is 11.3. The van der Waals surface area contributed by atoms with Crippen molar-refractivity contribution >= 4 is 6.09 Å². The molecule has 1 heterocycles. The first-order valence-corrected chi connectivity index (χ1v) is 6.82. The highest BCUT2D eigenvalue weighted by molar-refractivity contribution is 5.68. The summed E-state index contributed by atoms with van der Waals surface area (Å²) in [6, 6.07) is 9.65. The summed E-state index contributed by atoms with van der Waals surface area (Å²) >= 11 is 0. The second-order valence-electron chi connectivity index (χ2n) is 5.06. The number of benzene rings is 1. The number of hydrogen-bond acceptors (Lipinski definition) is 3. The topological polar surface area (TPSA) is 49.8 Å². The Morgan fingerprint density at radius 3 is 2.79 bits per heavy atom. The fourth-order valence-corrected chi connectivity index (χ4v) is 2.59.